The maximum absolute atomic E-state index is 5.65. The Labute approximate surface area is 190 Å². The third kappa shape index (κ3) is 3.45. The van der Waals surface area contributed by atoms with Crippen LogP contribution in [0.4, 0.5) is 0 Å². The van der Waals surface area contributed by atoms with Crippen molar-refractivity contribution in [2.45, 2.75) is 13.1 Å². The van der Waals surface area contributed by atoms with E-state index in [1.54, 1.807) is 6.08 Å². The van der Waals surface area contributed by atoms with Gasteiger partial charge in [0.1, 0.15) is 20.4 Å². The zero-order valence-corrected chi connectivity index (χ0v) is 19.6. The van der Waals surface area contributed by atoms with E-state index in [-0.39, 0.29) is 0 Å². The molecule has 0 amide bonds. The first-order valence-electron chi connectivity index (χ1n) is 11.0. The van der Waals surface area contributed by atoms with Crippen molar-refractivity contribution in [1.82, 2.24) is 4.57 Å². The Hall–Kier alpha value is -3.56. The van der Waals surface area contributed by atoms with E-state index < -0.39 is 8.07 Å². The Kier molecular flexibility index (Phi) is 5.20. The molecule has 0 N–H and O–H groups in total. The molecular formula is C29H27NOSi. The summed E-state index contributed by atoms with van der Waals surface area (Å²) < 4.78 is 8.02. The number of nitrogens with zero attached hydrogens (tertiary/aromatic N) is 1. The molecule has 1 aromatic heterocycles. The average Bonchev–Trinajstić information content (AvgIpc) is 3.17. The van der Waals surface area contributed by atoms with Crippen LogP contribution in [0.15, 0.2) is 110 Å². The first-order valence-corrected chi connectivity index (χ1v) is 14.0. The molecule has 0 aliphatic heterocycles. The molecule has 0 radical (unpaired) electrons. The third-order valence-electron chi connectivity index (χ3n) is 6.37. The molecular weight excluding hydrogens is 406 g/mol. The lowest BCUT2D eigenvalue weighted by atomic mass is 10.2. The summed E-state index contributed by atoms with van der Waals surface area (Å²) in [6.07, 6.45) is 1.77. The summed E-state index contributed by atoms with van der Waals surface area (Å²) in [5.74, 6) is 0.889. The Morgan fingerprint density at radius 1 is 0.719 bits per heavy atom. The highest BCUT2D eigenvalue weighted by Crippen LogP contribution is 2.31. The minimum atomic E-state index is -1.81. The summed E-state index contributed by atoms with van der Waals surface area (Å²) in [7, 11) is -1.81. The van der Waals surface area contributed by atoms with Crippen molar-refractivity contribution in [3.05, 3.63) is 110 Å². The van der Waals surface area contributed by atoms with Crippen LogP contribution in [0.2, 0.25) is 13.1 Å². The van der Waals surface area contributed by atoms with E-state index in [0.717, 1.165) is 5.75 Å². The first kappa shape index (κ1) is 20.3. The van der Waals surface area contributed by atoms with Crippen molar-refractivity contribution in [3.63, 3.8) is 0 Å². The van der Waals surface area contributed by atoms with Gasteiger partial charge in [-0.1, -0.05) is 96.8 Å². The van der Waals surface area contributed by atoms with E-state index in [1.165, 1.54) is 37.9 Å². The number of benzene rings is 4. The lowest BCUT2D eigenvalue weighted by Gasteiger charge is -2.24. The number of hydrogen-bond donors (Lipinski definition) is 0. The van der Waals surface area contributed by atoms with Crippen LogP contribution in [0.1, 0.15) is 0 Å². The fourth-order valence-electron chi connectivity index (χ4n) is 4.52. The fraction of sp³-hybridized carbons (Fsp3) is 0.103. The molecule has 1 heterocycles. The number of aromatic nitrogens is 1. The Morgan fingerprint density at radius 2 is 1.22 bits per heavy atom. The number of rotatable bonds is 6. The van der Waals surface area contributed by atoms with Gasteiger partial charge < -0.3 is 9.30 Å². The van der Waals surface area contributed by atoms with Gasteiger partial charge in [-0.05, 0) is 36.4 Å². The second-order valence-electron chi connectivity index (χ2n) is 8.67. The molecule has 0 spiro atoms. The predicted octanol–water partition coefficient (Wildman–Crippen LogP) is 6.17. The van der Waals surface area contributed by atoms with Gasteiger partial charge >= 0.3 is 0 Å². The SMILES string of the molecule is C=CCOc1ccc([Si](C)(C)c2ccc(-n3c4ccccc4c4ccccc43)cc2)cc1. The van der Waals surface area contributed by atoms with Crippen molar-refractivity contribution < 1.29 is 4.74 Å². The van der Waals surface area contributed by atoms with Crippen LogP contribution in [0.3, 0.4) is 0 Å². The number of hydrogen-bond acceptors (Lipinski definition) is 1. The molecule has 2 nitrogen and oxygen atoms in total. The van der Waals surface area contributed by atoms with Crippen LogP contribution in [0.25, 0.3) is 27.5 Å². The Bertz CT molecular complexity index is 1340. The molecule has 0 atom stereocenters. The summed E-state index contributed by atoms with van der Waals surface area (Å²) in [5.41, 5.74) is 3.69. The third-order valence-corrected chi connectivity index (χ3v) is 9.92. The van der Waals surface area contributed by atoms with Gasteiger partial charge in [0, 0.05) is 16.5 Å². The number of fused-ring (bicyclic) bond motifs is 3. The molecule has 0 aliphatic rings. The first-order chi connectivity index (χ1) is 15.6. The van der Waals surface area contributed by atoms with Crippen LogP contribution in [-0.2, 0) is 0 Å². The minimum absolute atomic E-state index is 0.532. The summed E-state index contributed by atoms with van der Waals surface area (Å²) in [6.45, 7) is 9.05. The van der Waals surface area contributed by atoms with Crippen LogP contribution in [0.5, 0.6) is 5.75 Å². The van der Waals surface area contributed by atoms with E-state index in [0.29, 0.717) is 6.61 Å². The van der Waals surface area contributed by atoms with Gasteiger partial charge in [0.2, 0.25) is 0 Å². The normalized spacial score (nSPS) is 11.7. The van der Waals surface area contributed by atoms with Crippen molar-refractivity contribution >= 4 is 40.3 Å². The Balaban J connectivity index is 1.52. The summed E-state index contributed by atoms with van der Waals surface area (Å²) in [5, 5.41) is 5.40. The molecule has 0 unspecified atom stereocenters. The average molecular weight is 434 g/mol. The van der Waals surface area contributed by atoms with E-state index in [2.05, 4.69) is 121 Å². The molecule has 0 aliphatic carbocycles. The number of ether oxygens (including phenoxy) is 1. The monoisotopic (exact) mass is 433 g/mol. The smallest absolute Gasteiger partial charge is 0.119 e. The maximum atomic E-state index is 5.65. The molecule has 0 saturated carbocycles. The van der Waals surface area contributed by atoms with Gasteiger partial charge in [0.05, 0.1) is 11.0 Å². The van der Waals surface area contributed by atoms with Crippen LogP contribution in [0, 0.1) is 0 Å². The molecule has 158 valence electrons. The van der Waals surface area contributed by atoms with Crippen molar-refractivity contribution in [1.29, 1.82) is 0 Å². The van der Waals surface area contributed by atoms with Crippen LogP contribution in [-0.4, -0.2) is 19.2 Å². The van der Waals surface area contributed by atoms with Crippen molar-refractivity contribution in [3.8, 4) is 11.4 Å². The van der Waals surface area contributed by atoms with Crippen LogP contribution < -0.4 is 15.1 Å². The minimum Gasteiger partial charge on any atom is -0.490 e. The van der Waals surface area contributed by atoms with Gasteiger partial charge in [-0.15, -0.1) is 0 Å². The second kappa shape index (κ2) is 8.17. The molecule has 0 saturated heterocycles. The van der Waals surface area contributed by atoms with Gasteiger partial charge in [0.15, 0.2) is 0 Å². The van der Waals surface area contributed by atoms with Crippen LogP contribution >= 0.6 is 0 Å². The molecule has 32 heavy (non-hydrogen) atoms. The van der Waals surface area contributed by atoms with Gasteiger partial charge in [-0.2, -0.15) is 0 Å². The summed E-state index contributed by atoms with van der Waals surface area (Å²) in [4.78, 5) is 0. The largest absolute Gasteiger partial charge is 0.490 e. The maximum Gasteiger partial charge on any atom is 0.119 e. The van der Waals surface area contributed by atoms with E-state index in [4.69, 9.17) is 4.74 Å². The molecule has 5 rings (SSSR count). The van der Waals surface area contributed by atoms with E-state index in [9.17, 15) is 0 Å². The second-order valence-corrected chi connectivity index (χ2v) is 13.1. The van der Waals surface area contributed by atoms with E-state index in [1.807, 2.05) is 0 Å². The highest BCUT2D eigenvalue weighted by atomic mass is 28.3. The van der Waals surface area contributed by atoms with Gasteiger partial charge in [-0.25, -0.2) is 0 Å². The quantitative estimate of drug-likeness (QED) is 0.231. The molecule has 4 aromatic carbocycles. The lowest BCUT2D eigenvalue weighted by molar-refractivity contribution is 0.363. The highest BCUT2D eigenvalue weighted by molar-refractivity contribution is 7.00. The lowest BCUT2D eigenvalue weighted by Crippen LogP contribution is -2.52. The standard InChI is InChI=1S/C29H27NOSi/c1-4-21-31-23-15-19-25(20-16-23)32(2,3)24-17-13-22(14-18-24)30-28-11-7-5-9-26(28)27-10-6-8-12-29(27)30/h4-20H,1,21H2,2-3H3. The zero-order chi connectivity index (χ0) is 22.1. The summed E-state index contributed by atoms with van der Waals surface area (Å²) in [6, 6.07) is 35.0. The molecule has 5 aromatic rings. The Morgan fingerprint density at radius 3 is 1.75 bits per heavy atom. The van der Waals surface area contributed by atoms with Gasteiger partial charge in [0.25, 0.3) is 0 Å². The van der Waals surface area contributed by atoms with Crippen molar-refractivity contribution in [2.24, 2.45) is 0 Å². The van der Waals surface area contributed by atoms with Crippen molar-refractivity contribution in [2.75, 3.05) is 6.61 Å². The molecule has 3 heteroatoms. The predicted molar refractivity (Wildman–Crippen MR) is 140 cm³/mol. The molecule has 0 bridgehead atoms. The van der Waals surface area contributed by atoms with Gasteiger partial charge in [-0.3, -0.25) is 0 Å². The number of para-hydroxylation sites is 2. The zero-order valence-electron chi connectivity index (χ0n) is 18.6. The van der Waals surface area contributed by atoms with E-state index >= 15 is 0 Å². The topological polar surface area (TPSA) is 14.2 Å². The highest BCUT2D eigenvalue weighted by Gasteiger charge is 2.26. The molecule has 0 fully saturated rings. The fourth-order valence-corrected chi connectivity index (χ4v) is 6.85. The summed E-state index contributed by atoms with van der Waals surface area (Å²) >= 11 is 0.